The van der Waals surface area contributed by atoms with Gasteiger partial charge in [0.15, 0.2) is 11.6 Å². The highest BCUT2D eigenvalue weighted by atomic mass is 15.2. The van der Waals surface area contributed by atoms with Gasteiger partial charge in [0.05, 0.1) is 66.1 Å². The van der Waals surface area contributed by atoms with Gasteiger partial charge in [0.25, 0.3) is 0 Å². The third-order valence-electron chi connectivity index (χ3n) is 10.0. The van der Waals surface area contributed by atoms with E-state index in [-0.39, 0.29) is 11.4 Å². The third-order valence-corrected chi connectivity index (χ3v) is 10.0. The molecule has 0 aliphatic rings. The van der Waals surface area contributed by atoms with Gasteiger partial charge in [-0.15, -0.1) is 0 Å². The fourth-order valence-electron chi connectivity index (χ4n) is 7.23. The van der Waals surface area contributed by atoms with Crippen LogP contribution in [0.2, 0.25) is 0 Å². The first-order valence-corrected chi connectivity index (χ1v) is 18.7. The Balaban J connectivity index is 1.33. The number of hydrogen-bond acceptors (Lipinski definition) is 3. The predicted molar refractivity (Wildman–Crippen MR) is 256 cm³/mol. The van der Waals surface area contributed by atoms with Gasteiger partial charge in [-0.3, -0.25) is 4.57 Å². The average molecular weight is 820 g/mol. The van der Waals surface area contributed by atoms with Crippen LogP contribution in [-0.2, 0) is 0 Å². The number of benzene rings is 9. The van der Waals surface area contributed by atoms with Gasteiger partial charge in [0, 0.05) is 32.7 Å². The van der Waals surface area contributed by atoms with Crippen molar-refractivity contribution in [3.8, 4) is 67.8 Å². The van der Waals surface area contributed by atoms with Crippen molar-refractivity contribution in [1.29, 1.82) is 0 Å². The van der Waals surface area contributed by atoms with Crippen molar-refractivity contribution >= 4 is 43.6 Å². The highest BCUT2D eigenvalue weighted by Gasteiger charge is 2.22. The molecule has 0 radical (unpaired) electrons. The molecule has 0 aliphatic heterocycles. The minimum Gasteiger partial charge on any atom is -0.308 e. The fourth-order valence-corrected chi connectivity index (χ4v) is 7.23. The lowest BCUT2D eigenvalue weighted by Crippen LogP contribution is -2.07. The van der Waals surface area contributed by atoms with Crippen LogP contribution in [0.1, 0.15) is 38.4 Å². The second-order valence-electron chi connectivity index (χ2n) is 13.5. The van der Waals surface area contributed by atoms with E-state index < -0.39 is 258 Å². The molecule has 5 heteroatoms. The molecule has 9 aromatic carbocycles. The maximum atomic E-state index is 10.1. The minimum absolute atomic E-state index is 0.125. The van der Waals surface area contributed by atoms with E-state index in [0.717, 1.165) is 14.7 Å². The summed E-state index contributed by atoms with van der Waals surface area (Å²) in [5, 5.41) is -2.17. The summed E-state index contributed by atoms with van der Waals surface area (Å²) in [4.78, 5) is 14.3. The maximum Gasteiger partial charge on any atom is 0.238 e. The molecule has 0 saturated carbocycles. The van der Waals surface area contributed by atoms with Gasteiger partial charge in [-0.05, 0) is 69.6 Å². The molecule has 0 spiro atoms. The van der Waals surface area contributed by atoms with Crippen molar-refractivity contribution in [2.45, 2.75) is 0 Å². The molecule has 12 rings (SSSR count). The highest BCUT2D eigenvalue weighted by molar-refractivity contribution is 6.12. The van der Waals surface area contributed by atoms with E-state index in [1.165, 1.54) is 0 Å². The van der Waals surface area contributed by atoms with Crippen LogP contribution >= 0.6 is 0 Å². The molecular weight excluding hydrogens is 755 g/mol. The molecule has 5 nitrogen and oxygen atoms in total. The molecule has 0 aliphatic carbocycles. The number of fused-ring (bicyclic) bond motifs is 6. The zero-order chi connectivity index (χ0) is 65.4. The summed E-state index contributed by atoms with van der Waals surface area (Å²) in [5.41, 5.74) is -5.97. The number of hydrogen-bond donors (Lipinski definition) is 0. The Morgan fingerprint density at radius 1 is 0.323 bits per heavy atom. The van der Waals surface area contributed by atoms with Crippen molar-refractivity contribution in [2.75, 3.05) is 0 Å². The van der Waals surface area contributed by atoms with Crippen molar-refractivity contribution in [3.05, 3.63) is 224 Å². The molecule has 0 N–H and O–H groups in total. The Labute approximate surface area is 397 Å². The zero-order valence-corrected chi connectivity index (χ0v) is 31.4. The molecule has 0 atom stereocenters. The van der Waals surface area contributed by atoms with E-state index in [1.807, 2.05) is 12.1 Å². The first-order chi connectivity index (χ1) is 42.4. The number of nitrogens with zero attached hydrogens (tertiary/aromatic N) is 5. The second-order valence-corrected chi connectivity index (χ2v) is 13.5. The molecule has 62 heavy (non-hydrogen) atoms. The van der Waals surface area contributed by atoms with Crippen LogP contribution in [0.3, 0.4) is 0 Å². The van der Waals surface area contributed by atoms with E-state index in [0.29, 0.717) is 5.56 Å². The molecule has 290 valence electrons. The fraction of sp³-hybridized carbons (Fsp3) is 0. The van der Waals surface area contributed by atoms with Gasteiger partial charge in [-0.25, -0.2) is 4.98 Å². The number of rotatable bonds is 7. The van der Waals surface area contributed by atoms with E-state index in [9.17, 15) is 16.4 Å². The van der Waals surface area contributed by atoms with Gasteiger partial charge in [-0.2, -0.15) is 9.97 Å². The first-order valence-electron chi connectivity index (χ1n) is 32.7. The molecule has 0 saturated heterocycles. The van der Waals surface area contributed by atoms with Crippen LogP contribution in [-0.4, -0.2) is 24.1 Å². The molecule has 3 heterocycles. The molecule has 0 bridgehead atoms. The maximum absolute atomic E-state index is 10.1. The summed E-state index contributed by atoms with van der Waals surface area (Å²) >= 11 is 0. The van der Waals surface area contributed by atoms with Crippen molar-refractivity contribution < 1.29 is 38.4 Å². The first kappa shape index (κ1) is 17.3. The lowest BCUT2D eigenvalue weighted by atomic mass is 10.0. The Hall–Kier alpha value is -8.41. The Morgan fingerprint density at radius 3 is 1.42 bits per heavy atom. The average Bonchev–Trinajstić information content (AvgIpc) is 1.52. The third kappa shape index (κ3) is 5.98. The van der Waals surface area contributed by atoms with Crippen LogP contribution in [0.25, 0.3) is 111 Å². The normalized spacial score (nSPS) is 17.9. The molecule has 12 aromatic rings. The summed E-state index contributed by atoms with van der Waals surface area (Å²) in [6, 6.07) is -10.4. The van der Waals surface area contributed by atoms with E-state index in [2.05, 4.69) is 0 Å². The molecule has 0 amide bonds. The summed E-state index contributed by atoms with van der Waals surface area (Å²) in [5.74, 6) is -1.87. The standard InChI is InChI=1S/C57H37N5/c1-4-16-38(17-5-1)41-28-30-42(31-29-41)55-58-56(60-57(59-55)62-50-25-13-10-22-45(50)46-23-11-14-26-51(46)62)49-24-12-15-27-52(49)61-53-36-43(39-18-6-2-7-19-39)32-34-47(53)48-35-33-44(37-54(48)61)40-20-8-3-9-21-40/h1-37H/i2D,3D,6D,7D,8D,9D,10D,11D,12D,13D,14D,15D,18D,19D,20D,21D,22D,23D,24D,25D,26D,27D,32D,33D,34D,35D,36D,37D. The minimum atomic E-state index is -1.09. The smallest absolute Gasteiger partial charge is 0.238 e. The Morgan fingerprint density at radius 2 is 0.806 bits per heavy atom. The quantitative estimate of drug-likeness (QED) is 0.161. The second kappa shape index (κ2) is 14.7. The van der Waals surface area contributed by atoms with Gasteiger partial charge in [0.2, 0.25) is 5.95 Å². The molecule has 0 fully saturated rings. The van der Waals surface area contributed by atoms with E-state index in [4.69, 9.17) is 36.9 Å². The van der Waals surface area contributed by atoms with E-state index >= 15 is 0 Å². The van der Waals surface area contributed by atoms with Crippen LogP contribution in [0.4, 0.5) is 0 Å². The van der Waals surface area contributed by atoms with Gasteiger partial charge >= 0.3 is 0 Å². The van der Waals surface area contributed by atoms with Crippen molar-refractivity contribution in [2.24, 2.45) is 0 Å². The lowest BCUT2D eigenvalue weighted by Gasteiger charge is -2.16. The topological polar surface area (TPSA) is 48.5 Å². The van der Waals surface area contributed by atoms with Crippen LogP contribution in [0.5, 0.6) is 0 Å². The molecule has 3 aromatic heterocycles. The SMILES string of the molecule is [2H]c1c([2H])c([2H])c(-c2c([2H])c([2H])c3c4c([2H])c([2H])c(-c5c([2H])c([2H])c([2H])c([2H])c5[2H])c([2H])c4n(-c4c([2H])c([2H])c([2H])c([2H])c4-c4nc(-c5ccc(-c6ccccc6)cc5)nc(-n5c6c([2H])c([2H])c([2H])c([2H])c6c6c([2H])c([2H])c([2H])c([2H])c65)n4)c3c2[2H])c([2H])c1[2H]. The largest absolute Gasteiger partial charge is 0.308 e. The summed E-state index contributed by atoms with van der Waals surface area (Å²) in [6.07, 6.45) is 0. The van der Waals surface area contributed by atoms with E-state index in [1.54, 1.807) is 42.5 Å². The van der Waals surface area contributed by atoms with Gasteiger partial charge in [0.1, 0.15) is 0 Å². The number of aromatic nitrogens is 5. The molecule has 0 unspecified atom stereocenters. The van der Waals surface area contributed by atoms with Gasteiger partial charge in [-0.1, -0.05) is 188 Å². The van der Waals surface area contributed by atoms with Crippen molar-refractivity contribution in [3.63, 3.8) is 0 Å². The zero-order valence-electron chi connectivity index (χ0n) is 59.4. The molecular formula is C57H37N5. The van der Waals surface area contributed by atoms with Crippen LogP contribution < -0.4 is 0 Å². The summed E-state index contributed by atoms with van der Waals surface area (Å²) in [7, 11) is 0. The Kier molecular flexibility index (Phi) is 4.10. The Bertz CT molecular complexity index is 5000. The van der Waals surface area contributed by atoms with Crippen molar-refractivity contribution in [1.82, 2.24) is 24.1 Å². The van der Waals surface area contributed by atoms with Crippen LogP contribution in [0.15, 0.2) is 224 Å². The highest BCUT2D eigenvalue weighted by Crippen LogP contribution is 2.40. The lowest BCUT2D eigenvalue weighted by molar-refractivity contribution is 0.951. The van der Waals surface area contributed by atoms with Crippen LogP contribution in [0, 0.1) is 0 Å². The predicted octanol–water partition coefficient (Wildman–Crippen LogP) is 14.4. The monoisotopic (exact) mass is 819 g/mol. The van der Waals surface area contributed by atoms with Gasteiger partial charge < -0.3 is 4.57 Å². The summed E-state index contributed by atoms with van der Waals surface area (Å²) < 4.78 is 257. The number of para-hydroxylation sites is 3. The summed E-state index contributed by atoms with van der Waals surface area (Å²) in [6.45, 7) is 0.